The van der Waals surface area contributed by atoms with Crippen LogP contribution in [-0.4, -0.2) is 0 Å². The van der Waals surface area contributed by atoms with Crippen molar-refractivity contribution in [3.8, 4) is 0 Å². The minimum Gasteiger partial charge on any atom is 0 e. The molecule has 2 aromatic rings. The summed E-state index contributed by atoms with van der Waals surface area (Å²) in [5.41, 5.74) is 1.38. The zero-order chi connectivity index (χ0) is 16.5. The third-order valence-corrected chi connectivity index (χ3v) is 3.50. The smallest absolute Gasteiger partial charge is 0 e. The zero-order valence-electron chi connectivity index (χ0n) is 11.9. The average molecular weight is 350 g/mol. The number of benzene rings is 2. The van der Waals surface area contributed by atoms with Crippen LogP contribution in [0.3, 0.4) is 0 Å². The Kier molecular flexibility index (Phi) is 22.6. The molecule has 0 spiro atoms. The molecule has 3 nitrogen and oxygen atoms in total. The van der Waals surface area contributed by atoms with Crippen LogP contribution < -0.4 is 0 Å². The topological polar surface area (TPSA) is 59.7 Å². The predicted molar refractivity (Wildman–Crippen MR) is 78.9 cm³/mol. The van der Waals surface area contributed by atoms with Crippen LogP contribution in [0.5, 0.6) is 0 Å². The Labute approximate surface area is 146 Å². The summed E-state index contributed by atoms with van der Waals surface area (Å²) in [5, 5.41) is 0.508. The summed E-state index contributed by atoms with van der Waals surface area (Å²) < 4.78 is 22.5. The van der Waals surface area contributed by atoms with Crippen LogP contribution in [0.15, 0.2) is 65.6 Å². The third-order valence-electron chi connectivity index (χ3n) is 2.33. The zero-order valence-corrected chi connectivity index (χ0v) is 14.0. The predicted octanol–water partition coefficient (Wildman–Crippen LogP) is 4.42. The number of hydrogen-bond donors (Lipinski definition) is 0. The maximum Gasteiger partial charge on any atom is 0 e. The summed E-state index contributed by atoms with van der Waals surface area (Å²) in [6.45, 7) is 15.7. The van der Waals surface area contributed by atoms with Crippen LogP contribution >= 0.6 is 11.8 Å². The van der Waals surface area contributed by atoms with E-state index in [0.29, 0.717) is 5.25 Å². The van der Waals surface area contributed by atoms with E-state index < -0.39 is 0 Å². The van der Waals surface area contributed by atoms with Gasteiger partial charge in [0.2, 0.25) is 0 Å². The molecule has 0 amide bonds. The largest absolute Gasteiger partial charge is 0 e. The quantitative estimate of drug-likeness (QED) is 0.459. The van der Waals surface area contributed by atoms with Gasteiger partial charge >= 0.3 is 33.9 Å². The van der Waals surface area contributed by atoms with Crippen molar-refractivity contribution in [2.45, 2.75) is 17.1 Å². The van der Waals surface area contributed by atoms with Gasteiger partial charge in [-0.3, -0.25) is 0 Å². The van der Waals surface area contributed by atoms with Crippen molar-refractivity contribution in [3.05, 3.63) is 86.2 Å². The van der Waals surface area contributed by atoms with Crippen molar-refractivity contribution in [2.24, 2.45) is 0 Å². The Morgan fingerprint density at radius 2 is 1.09 bits per heavy atom. The van der Waals surface area contributed by atoms with Gasteiger partial charge in [0, 0.05) is 27.5 Å². The van der Waals surface area contributed by atoms with E-state index in [4.69, 9.17) is 14.0 Å². The first-order valence-electron chi connectivity index (χ1n) is 5.74. The van der Waals surface area contributed by atoms with E-state index in [9.17, 15) is 0 Å². The Hall–Kier alpha value is -1.46. The average Bonchev–Trinajstić information content (AvgIpc) is 2.62. The standard InChI is InChI=1S/C14H14S.3CO.Cr/c1-12(13-8-4-2-5-9-13)15-14-10-6-3-7-11-14;3*1-2;/h2-12H,1H3;;;;/t12-;;;;/m0..../s1. The van der Waals surface area contributed by atoms with Gasteiger partial charge in [-0.05, 0) is 24.6 Å². The van der Waals surface area contributed by atoms with Gasteiger partial charge in [-0.2, -0.15) is 0 Å². The Balaban J connectivity index is -0.000000463. The van der Waals surface area contributed by atoms with E-state index >= 15 is 0 Å². The van der Waals surface area contributed by atoms with Crippen LogP contribution in [0.2, 0.25) is 0 Å². The minimum absolute atomic E-state index is 0. The fourth-order valence-corrected chi connectivity index (χ4v) is 2.51. The van der Waals surface area contributed by atoms with Gasteiger partial charge in [-0.25, -0.2) is 0 Å². The molecule has 112 valence electrons. The SMILES string of the molecule is C[C@H](Sc1ccccc1)c1ccccc1.[C-]#[O+].[C-]#[O+].[C-]#[O+].[Cr]. The summed E-state index contributed by atoms with van der Waals surface area (Å²) in [6, 6.07) is 21.1. The molecular weight excluding hydrogens is 336 g/mol. The fourth-order valence-electron chi connectivity index (χ4n) is 1.50. The van der Waals surface area contributed by atoms with Gasteiger partial charge in [-0.15, -0.1) is 11.8 Å². The van der Waals surface area contributed by atoms with Crippen LogP contribution in [0.25, 0.3) is 0 Å². The molecule has 0 fully saturated rings. The molecule has 22 heavy (non-hydrogen) atoms. The molecule has 2 rings (SSSR count). The van der Waals surface area contributed by atoms with E-state index in [0.717, 1.165) is 0 Å². The molecular formula is C17H14CrO3S. The third kappa shape index (κ3) is 11.2. The van der Waals surface area contributed by atoms with Gasteiger partial charge in [0.25, 0.3) is 0 Å². The first-order chi connectivity index (χ1) is 10.4. The molecule has 5 heteroatoms. The van der Waals surface area contributed by atoms with Crippen LogP contribution in [-0.2, 0) is 31.3 Å². The van der Waals surface area contributed by atoms with Crippen molar-refractivity contribution in [1.29, 1.82) is 0 Å². The van der Waals surface area contributed by atoms with Gasteiger partial charge in [0.15, 0.2) is 0 Å². The molecule has 0 aromatic heterocycles. The molecule has 2 aromatic carbocycles. The van der Waals surface area contributed by atoms with Gasteiger partial charge < -0.3 is 0 Å². The molecule has 0 aliphatic carbocycles. The van der Waals surface area contributed by atoms with E-state index in [1.54, 1.807) is 0 Å². The molecule has 0 unspecified atom stereocenters. The number of rotatable bonds is 3. The fraction of sp³-hybridized carbons (Fsp3) is 0.118. The van der Waals surface area contributed by atoms with E-state index in [1.807, 2.05) is 11.8 Å². The maximum absolute atomic E-state index is 7.50. The Bertz CT molecular complexity index is 510. The van der Waals surface area contributed by atoms with E-state index in [2.05, 4.69) is 87.5 Å². The molecule has 0 saturated heterocycles. The van der Waals surface area contributed by atoms with E-state index in [-0.39, 0.29) is 17.4 Å². The van der Waals surface area contributed by atoms with Gasteiger partial charge in [-0.1, -0.05) is 48.5 Å². The molecule has 0 aliphatic heterocycles. The van der Waals surface area contributed by atoms with E-state index in [1.165, 1.54) is 10.5 Å². The first-order valence-corrected chi connectivity index (χ1v) is 6.62. The van der Waals surface area contributed by atoms with Crippen LogP contribution in [0, 0.1) is 20.0 Å². The summed E-state index contributed by atoms with van der Waals surface area (Å²) in [7, 11) is 0. The van der Waals surface area contributed by atoms with Crippen LogP contribution in [0.4, 0.5) is 0 Å². The molecule has 0 N–H and O–H groups in total. The molecule has 0 radical (unpaired) electrons. The second-order valence-electron chi connectivity index (χ2n) is 3.48. The second-order valence-corrected chi connectivity index (χ2v) is 4.90. The van der Waals surface area contributed by atoms with Crippen molar-refractivity contribution >= 4 is 11.8 Å². The van der Waals surface area contributed by atoms with Crippen molar-refractivity contribution < 1.29 is 31.3 Å². The van der Waals surface area contributed by atoms with Crippen molar-refractivity contribution in [1.82, 2.24) is 0 Å². The molecule has 0 aliphatic rings. The van der Waals surface area contributed by atoms with Crippen molar-refractivity contribution in [2.75, 3.05) is 0 Å². The summed E-state index contributed by atoms with van der Waals surface area (Å²) in [6.07, 6.45) is 0. The summed E-state index contributed by atoms with van der Waals surface area (Å²) in [5.74, 6) is 0. The van der Waals surface area contributed by atoms with Gasteiger partial charge in [0.05, 0.1) is 0 Å². The molecule has 1 atom stereocenters. The summed E-state index contributed by atoms with van der Waals surface area (Å²) >= 11 is 1.90. The summed E-state index contributed by atoms with van der Waals surface area (Å²) in [4.78, 5) is 1.33. The normalized spacial score (nSPS) is 8.68. The number of thioether (sulfide) groups is 1. The van der Waals surface area contributed by atoms with Crippen molar-refractivity contribution in [3.63, 3.8) is 0 Å². The molecule has 0 saturated carbocycles. The Morgan fingerprint density at radius 1 is 0.727 bits per heavy atom. The minimum atomic E-state index is 0. The maximum atomic E-state index is 7.50. The molecule has 0 heterocycles. The first kappa shape index (κ1) is 25.5. The second kappa shape index (κ2) is 19.5. The Morgan fingerprint density at radius 3 is 1.50 bits per heavy atom. The number of hydrogen-bond acceptors (Lipinski definition) is 1. The van der Waals surface area contributed by atoms with Crippen LogP contribution in [0.1, 0.15) is 17.7 Å². The van der Waals surface area contributed by atoms with Gasteiger partial charge in [0.1, 0.15) is 0 Å². The monoisotopic (exact) mass is 350 g/mol. The molecule has 0 bridgehead atoms.